The van der Waals surface area contributed by atoms with Crippen LogP contribution in [0.1, 0.15) is 42.9 Å². The molecule has 2 aliphatic carbocycles. The molecule has 0 saturated carbocycles. The van der Waals surface area contributed by atoms with E-state index in [-0.39, 0.29) is 5.41 Å². The maximum absolute atomic E-state index is 9.96. The van der Waals surface area contributed by atoms with Gasteiger partial charge in [-0.2, -0.15) is 0 Å². The number of aromatic hydroxyl groups is 2. The summed E-state index contributed by atoms with van der Waals surface area (Å²) in [6.45, 7) is 2.62. The Morgan fingerprint density at radius 2 is 1.85 bits per heavy atom. The van der Waals surface area contributed by atoms with E-state index >= 15 is 0 Å². The van der Waals surface area contributed by atoms with Crippen LogP contribution in [0.2, 0.25) is 0 Å². The fraction of sp³-hybridized carbons (Fsp3) is 0.391. The third kappa shape index (κ3) is 3.42. The largest absolute Gasteiger partial charge is 0.508 e. The van der Waals surface area contributed by atoms with Gasteiger partial charge in [0.15, 0.2) is 0 Å². The fourth-order valence-electron chi connectivity index (χ4n) is 4.85. The molecule has 4 heteroatoms. The molecule has 2 aromatic carbocycles. The quantitative estimate of drug-likeness (QED) is 0.689. The molecular weight excluding hydrogens is 338 g/mol. The maximum atomic E-state index is 9.96. The summed E-state index contributed by atoms with van der Waals surface area (Å²) in [5, 5.41) is 19.6. The van der Waals surface area contributed by atoms with Crippen LogP contribution in [0.15, 0.2) is 54.2 Å². The van der Waals surface area contributed by atoms with E-state index in [1.807, 2.05) is 31.2 Å². The molecule has 0 aromatic heterocycles. The van der Waals surface area contributed by atoms with Gasteiger partial charge in [0.1, 0.15) is 11.5 Å². The first kappa shape index (κ1) is 17.9. The molecule has 0 amide bonds. The average Bonchev–Trinajstić information content (AvgIpc) is 2.68. The molecule has 2 atom stereocenters. The van der Waals surface area contributed by atoms with Crippen LogP contribution in [0.25, 0.3) is 0 Å². The van der Waals surface area contributed by atoms with Crippen molar-refractivity contribution in [1.82, 2.24) is 5.48 Å². The molecule has 4 rings (SSSR count). The van der Waals surface area contributed by atoms with E-state index in [1.165, 1.54) is 22.4 Å². The number of phenols is 2. The number of hydrogen-bond donors (Lipinski definition) is 3. The highest BCUT2D eigenvalue weighted by molar-refractivity contribution is 5.46. The lowest BCUT2D eigenvalue weighted by atomic mass is 9.56. The minimum atomic E-state index is 0.00957. The summed E-state index contributed by atoms with van der Waals surface area (Å²) >= 11 is 0. The van der Waals surface area contributed by atoms with Crippen LogP contribution >= 0.6 is 0 Å². The van der Waals surface area contributed by atoms with Gasteiger partial charge in [0.25, 0.3) is 0 Å². The number of allylic oxidation sites excluding steroid dienone is 2. The Labute approximate surface area is 160 Å². The summed E-state index contributed by atoms with van der Waals surface area (Å²) in [7, 11) is 0. The van der Waals surface area contributed by atoms with Crippen molar-refractivity contribution in [2.45, 2.75) is 44.4 Å². The minimum Gasteiger partial charge on any atom is -0.508 e. The molecule has 0 aliphatic heterocycles. The number of hydrogen-bond acceptors (Lipinski definition) is 4. The van der Waals surface area contributed by atoms with Gasteiger partial charge in [-0.3, -0.25) is 10.3 Å². The van der Waals surface area contributed by atoms with E-state index in [0.29, 0.717) is 24.0 Å². The molecule has 3 N–H and O–H groups in total. The Bertz CT molecular complexity index is 843. The van der Waals surface area contributed by atoms with E-state index in [0.717, 1.165) is 32.1 Å². The summed E-state index contributed by atoms with van der Waals surface area (Å²) < 4.78 is 0. The van der Waals surface area contributed by atoms with Crippen LogP contribution in [-0.4, -0.2) is 16.8 Å². The molecule has 0 radical (unpaired) electrons. The van der Waals surface area contributed by atoms with E-state index in [1.54, 1.807) is 12.1 Å². The first-order valence-corrected chi connectivity index (χ1v) is 9.79. The summed E-state index contributed by atoms with van der Waals surface area (Å²) in [4.78, 5) is 5.42. The molecule has 142 valence electrons. The minimum absolute atomic E-state index is 0.00957. The molecular formula is C23H27NO3. The number of hydroxylamine groups is 1. The van der Waals surface area contributed by atoms with Gasteiger partial charge in [-0.15, -0.1) is 0 Å². The van der Waals surface area contributed by atoms with Gasteiger partial charge in [0.2, 0.25) is 0 Å². The molecule has 0 fully saturated rings. The van der Waals surface area contributed by atoms with E-state index < -0.39 is 0 Å². The second kappa shape index (κ2) is 7.28. The standard InChI is InChI=1S/C23H27NO3/c1-2-27-24-19-11-12-23(15-16-3-7-20(25)8-4-16)18(14-19)6-5-17-13-21(26)9-10-22(17)23/h3-4,7-10,13-14,18,24-26H,2,5-6,11-12,15H2,1H3/t18-,23-/m0/s1. The monoisotopic (exact) mass is 365 g/mol. The van der Waals surface area contributed by atoms with Gasteiger partial charge < -0.3 is 10.2 Å². The lowest BCUT2D eigenvalue weighted by molar-refractivity contribution is 0.0653. The Hall–Kier alpha value is -2.46. The fourth-order valence-corrected chi connectivity index (χ4v) is 4.85. The number of fused-ring (bicyclic) bond motifs is 3. The predicted molar refractivity (Wildman–Crippen MR) is 105 cm³/mol. The van der Waals surface area contributed by atoms with Crippen molar-refractivity contribution >= 4 is 0 Å². The van der Waals surface area contributed by atoms with Crippen LogP contribution in [0.4, 0.5) is 0 Å². The van der Waals surface area contributed by atoms with Crippen molar-refractivity contribution < 1.29 is 15.1 Å². The average molecular weight is 365 g/mol. The molecule has 2 aromatic rings. The summed E-state index contributed by atoms with van der Waals surface area (Å²) in [6.07, 6.45) is 7.29. The van der Waals surface area contributed by atoms with Crippen molar-refractivity contribution in [3.8, 4) is 11.5 Å². The molecule has 0 saturated heterocycles. The van der Waals surface area contributed by atoms with Crippen molar-refractivity contribution in [1.29, 1.82) is 0 Å². The maximum Gasteiger partial charge on any atom is 0.115 e. The Morgan fingerprint density at radius 3 is 2.63 bits per heavy atom. The van der Waals surface area contributed by atoms with Crippen LogP contribution in [-0.2, 0) is 23.1 Å². The molecule has 0 unspecified atom stereocenters. The Balaban J connectivity index is 1.74. The van der Waals surface area contributed by atoms with Gasteiger partial charge >= 0.3 is 0 Å². The van der Waals surface area contributed by atoms with E-state index in [9.17, 15) is 10.2 Å². The normalized spacial score (nSPS) is 23.9. The van der Waals surface area contributed by atoms with Gasteiger partial charge in [-0.25, -0.2) is 0 Å². The first-order valence-electron chi connectivity index (χ1n) is 9.79. The number of rotatable bonds is 5. The second-order valence-electron chi connectivity index (χ2n) is 7.71. The molecule has 0 heterocycles. The smallest absolute Gasteiger partial charge is 0.115 e. The summed E-state index contributed by atoms with van der Waals surface area (Å²) in [5.41, 5.74) is 8.15. The molecule has 0 bridgehead atoms. The number of phenolic OH excluding ortho intramolecular Hbond substituents is 2. The van der Waals surface area contributed by atoms with Crippen LogP contribution in [0.5, 0.6) is 11.5 Å². The van der Waals surface area contributed by atoms with E-state index in [2.05, 4.69) is 17.6 Å². The summed E-state index contributed by atoms with van der Waals surface area (Å²) in [5.74, 6) is 1.06. The first-order chi connectivity index (χ1) is 13.1. The molecule has 27 heavy (non-hydrogen) atoms. The zero-order valence-corrected chi connectivity index (χ0v) is 15.7. The van der Waals surface area contributed by atoms with Gasteiger partial charge in [0, 0.05) is 11.1 Å². The lowest BCUT2D eigenvalue weighted by Crippen LogP contribution is -2.44. The van der Waals surface area contributed by atoms with Gasteiger partial charge in [0.05, 0.1) is 6.61 Å². The Kier molecular flexibility index (Phi) is 4.83. The Morgan fingerprint density at radius 1 is 1.07 bits per heavy atom. The van der Waals surface area contributed by atoms with Crippen LogP contribution in [0, 0.1) is 5.92 Å². The van der Waals surface area contributed by atoms with Gasteiger partial charge in [-0.05, 0) is 85.9 Å². The van der Waals surface area contributed by atoms with E-state index in [4.69, 9.17) is 4.84 Å². The van der Waals surface area contributed by atoms with Crippen molar-refractivity contribution in [3.05, 3.63) is 70.9 Å². The third-order valence-electron chi connectivity index (χ3n) is 6.11. The molecule has 4 nitrogen and oxygen atoms in total. The van der Waals surface area contributed by atoms with Crippen molar-refractivity contribution in [2.75, 3.05) is 6.61 Å². The number of benzene rings is 2. The SMILES string of the molecule is CCONC1=C[C@@H]2CCc3cc(O)ccc3[C@]2(Cc2ccc(O)cc2)CC1. The van der Waals surface area contributed by atoms with Crippen LogP contribution in [0.3, 0.4) is 0 Å². The third-order valence-corrected chi connectivity index (χ3v) is 6.11. The zero-order chi connectivity index (χ0) is 18.9. The summed E-state index contributed by atoms with van der Waals surface area (Å²) in [6, 6.07) is 13.4. The van der Waals surface area contributed by atoms with Crippen molar-refractivity contribution in [3.63, 3.8) is 0 Å². The number of aryl methyl sites for hydroxylation is 1. The lowest BCUT2D eigenvalue weighted by Gasteiger charge is -2.48. The topological polar surface area (TPSA) is 61.7 Å². The highest BCUT2D eigenvalue weighted by Gasteiger charge is 2.45. The number of nitrogens with one attached hydrogen (secondary N) is 1. The second-order valence-corrected chi connectivity index (χ2v) is 7.71. The van der Waals surface area contributed by atoms with Gasteiger partial charge in [-0.1, -0.05) is 24.3 Å². The predicted octanol–water partition coefficient (Wildman–Crippen LogP) is 4.36. The van der Waals surface area contributed by atoms with Crippen molar-refractivity contribution in [2.24, 2.45) is 5.92 Å². The zero-order valence-electron chi connectivity index (χ0n) is 15.7. The molecule has 0 spiro atoms. The highest BCUT2D eigenvalue weighted by atomic mass is 16.6. The highest BCUT2D eigenvalue weighted by Crippen LogP contribution is 2.51. The van der Waals surface area contributed by atoms with Crippen LogP contribution < -0.4 is 5.48 Å². The molecule has 2 aliphatic rings.